The Kier molecular flexibility index (Phi) is 5.05. The van der Waals surface area contributed by atoms with E-state index in [0.29, 0.717) is 6.04 Å². The normalized spacial score (nSPS) is 26.7. The van der Waals surface area contributed by atoms with Crippen molar-refractivity contribution >= 4 is 39.5 Å². The maximum atomic E-state index is 10.8. The molecule has 5 atom stereocenters. The molecule has 5 heterocycles. The number of aromatic nitrogens is 4. The first-order valence-electron chi connectivity index (χ1n) is 11.5. The van der Waals surface area contributed by atoms with Crippen molar-refractivity contribution in [3.05, 3.63) is 59.7 Å². The molecule has 3 aromatic heterocycles. The number of rotatable bonds is 4. The molecule has 2 aliphatic heterocycles. The van der Waals surface area contributed by atoms with Crippen molar-refractivity contribution in [1.29, 1.82) is 0 Å². The Morgan fingerprint density at radius 3 is 2.91 bits per heavy atom. The molecule has 33 heavy (non-hydrogen) atoms. The summed E-state index contributed by atoms with van der Waals surface area (Å²) in [6, 6.07) is 11.1. The van der Waals surface area contributed by atoms with Crippen molar-refractivity contribution in [1.82, 2.24) is 19.5 Å². The third-order valence-electron chi connectivity index (χ3n) is 6.91. The number of aryl methyl sites for hydroxylation is 2. The Balaban J connectivity index is 1.19. The van der Waals surface area contributed by atoms with Crippen molar-refractivity contribution in [2.45, 2.75) is 62.0 Å². The van der Waals surface area contributed by atoms with Gasteiger partial charge >= 0.3 is 0 Å². The lowest BCUT2D eigenvalue weighted by Crippen LogP contribution is -2.31. The highest BCUT2D eigenvalue weighted by molar-refractivity contribution is 8.00. The number of hydrogen-bond acceptors (Lipinski definition) is 7. The standard InChI is InChI=1S/C25H27N5O2S/c1-13-9-17-11-16-5-3-15(10-19(16)29-23(17)28-13)4-6-20-21(31)22(32)25(33-20)30-8-7-18-14(2)26-12-27-24(18)30/h3,5,7-8,10-13,20-22,25,31-32H,4,6,9H2,1-2H3,(H,28,29)/t13-,20-,21+,22+,25-/m0/s1. The van der Waals surface area contributed by atoms with E-state index >= 15 is 0 Å². The molecule has 0 radical (unpaired) electrons. The fourth-order valence-corrected chi connectivity index (χ4v) is 6.67. The number of benzene rings is 1. The third-order valence-corrected chi connectivity index (χ3v) is 8.56. The van der Waals surface area contributed by atoms with Gasteiger partial charge in [-0.2, -0.15) is 0 Å². The second kappa shape index (κ2) is 7.97. The molecule has 0 unspecified atom stereocenters. The minimum atomic E-state index is -0.847. The van der Waals surface area contributed by atoms with Gasteiger partial charge in [-0.05, 0) is 62.4 Å². The Labute approximate surface area is 196 Å². The lowest BCUT2D eigenvalue weighted by Gasteiger charge is -2.17. The Hall–Kier alpha value is -2.68. The van der Waals surface area contributed by atoms with Crippen LogP contribution in [0.3, 0.4) is 0 Å². The molecule has 4 aromatic rings. The predicted molar refractivity (Wildman–Crippen MR) is 132 cm³/mol. The van der Waals surface area contributed by atoms with E-state index in [1.165, 1.54) is 11.1 Å². The lowest BCUT2D eigenvalue weighted by molar-refractivity contribution is 0.0176. The smallest absolute Gasteiger partial charge is 0.144 e. The summed E-state index contributed by atoms with van der Waals surface area (Å²) in [7, 11) is 0. The molecule has 8 heteroatoms. The molecular weight excluding hydrogens is 434 g/mol. The van der Waals surface area contributed by atoms with Gasteiger partial charge in [-0.25, -0.2) is 15.0 Å². The maximum Gasteiger partial charge on any atom is 0.144 e. The van der Waals surface area contributed by atoms with Crippen LogP contribution in [0.2, 0.25) is 0 Å². The van der Waals surface area contributed by atoms with E-state index in [9.17, 15) is 10.2 Å². The number of aliphatic hydroxyl groups is 2. The summed E-state index contributed by atoms with van der Waals surface area (Å²) in [5.74, 6) is 0.998. The van der Waals surface area contributed by atoms with Crippen LogP contribution in [-0.4, -0.2) is 53.2 Å². The molecule has 1 fully saturated rings. The topological polar surface area (TPSA) is 96.1 Å². The van der Waals surface area contributed by atoms with E-state index in [1.54, 1.807) is 18.1 Å². The van der Waals surface area contributed by atoms with Gasteiger partial charge in [0, 0.05) is 28.3 Å². The molecule has 2 aliphatic rings. The highest BCUT2D eigenvalue weighted by atomic mass is 32.2. The number of fused-ring (bicyclic) bond motifs is 3. The van der Waals surface area contributed by atoms with E-state index in [2.05, 4.69) is 46.5 Å². The van der Waals surface area contributed by atoms with Crippen molar-refractivity contribution in [2.24, 2.45) is 0 Å². The lowest BCUT2D eigenvalue weighted by atomic mass is 10.0. The van der Waals surface area contributed by atoms with Crippen LogP contribution in [0.5, 0.6) is 0 Å². The average Bonchev–Trinajstić information content (AvgIpc) is 3.46. The first kappa shape index (κ1) is 20.9. The minimum absolute atomic E-state index is 0.0587. The van der Waals surface area contributed by atoms with Crippen LogP contribution in [0.1, 0.15) is 35.5 Å². The minimum Gasteiger partial charge on any atom is -0.389 e. The molecule has 1 aromatic carbocycles. The summed E-state index contributed by atoms with van der Waals surface area (Å²) >= 11 is 1.62. The molecule has 0 amide bonds. The summed E-state index contributed by atoms with van der Waals surface area (Å²) in [6.45, 7) is 4.13. The van der Waals surface area contributed by atoms with E-state index in [1.807, 2.05) is 23.8 Å². The monoisotopic (exact) mass is 461 g/mol. The molecule has 170 valence electrons. The molecule has 0 spiro atoms. The zero-order valence-corrected chi connectivity index (χ0v) is 19.5. The SMILES string of the molecule is Cc1ncnc2c1ccn2[C@H]1S[C@@H](CCc2ccc3cc4c(nc3c2)N[C@@H](C)C4)[C@@H](O)[C@H]1O. The fraction of sp³-hybridized carbons (Fsp3) is 0.400. The van der Waals surface area contributed by atoms with Gasteiger partial charge in [0.2, 0.25) is 0 Å². The molecule has 6 rings (SSSR count). The van der Waals surface area contributed by atoms with Crippen molar-refractivity contribution in [2.75, 3.05) is 5.32 Å². The largest absolute Gasteiger partial charge is 0.389 e. The van der Waals surface area contributed by atoms with Crippen molar-refractivity contribution in [3.8, 4) is 0 Å². The zero-order chi connectivity index (χ0) is 22.7. The van der Waals surface area contributed by atoms with Gasteiger partial charge in [-0.1, -0.05) is 12.1 Å². The van der Waals surface area contributed by atoms with Crippen LogP contribution in [0, 0.1) is 6.92 Å². The Bertz CT molecular complexity index is 1360. The van der Waals surface area contributed by atoms with E-state index in [0.717, 1.165) is 52.7 Å². The molecule has 0 aliphatic carbocycles. The highest BCUT2D eigenvalue weighted by Crippen LogP contribution is 2.45. The molecule has 7 nitrogen and oxygen atoms in total. The molecule has 0 saturated carbocycles. The number of thioether (sulfide) groups is 1. The number of pyridine rings is 1. The first-order valence-corrected chi connectivity index (χ1v) is 12.4. The molecule has 1 saturated heterocycles. The van der Waals surface area contributed by atoms with Gasteiger partial charge in [0.25, 0.3) is 0 Å². The van der Waals surface area contributed by atoms with Crippen LogP contribution in [0.4, 0.5) is 5.82 Å². The van der Waals surface area contributed by atoms with Gasteiger partial charge in [-0.3, -0.25) is 0 Å². The summed E-state index contributed by atoms with van der Waals surface area (Å²) in [5, 5.41) is 26.9. The van der Waals surface area contributed by atoms with Crippen LogP contribution in [0.25, 0.3) is 21.9 Å². The van der Waals surface area contributed by atoms with Gasteiger partial charge in [0.05, 0.1) is 17.3 Å². The van der Waals surface area contributed by atoms with Crippen LogP contribution < -0.4 is 5.32 Å². The van der Waals surface area contributed by atoms with Crippen LogP contribution >= 0.6 is 11.8 Å². The van der Waals surface area contributed by atoms with Gasteiger partial charge in [-0.15, -0.1) is 11.8 Å². The molecule has 0 bridgehead atoms. The quantitative estimate of drug-likeness (QED) is 0.427. The van der Waals surface area contributed by atoms with E-state index < -0.39 is 12.2 Å². The first-order chi connectivity index (χ1) is 16.0. The number of nitrogens with zero attached hydrogens (tertiary/aromatic N) is 4. The second-order valence-electron chi connectivity index (χ2n) is 9.28. The number of hydrogen-bond donors (Lipinski definition) is 3. The van der Waals surface area contributed by atoms with Gasteiger partial charge in [0.15, 0.2) is 0 Å². The van der Waals surface area contributed by atoms with Crippen molar-refractivity contribution < 1.29 is 10.2 Å². The van der Waals surface area contributed by atoms with Crippen molar-refractivity contribution in [3.63, 3.8) is 0 Å². The number of aliphatic hydroxyl groups excluding tert-OH is 2. The number of nitrogens with one attached hydrogen (secondary N) is 1. The van der Waals surface area contributed by atoms with E-state index in [-0.39, 0.29) is 10.6 Å². The summed E-state index contributed by atoms with van der Waals surface area (Å²) < 4.78 is 1.97. The molecular formula is C25H27N5O2S. The molecule has 3 N–H and O–H groups in total. The van der Waals surface area contributed by atoms with Crippen LogP contribution in [-0.2, 0) is 12.8 Å². The summed E-state index contributed by atoms with van der Waals surface area (Å²) in [4.78, 5) is 13.5. The highest BCUT2D eigenvalue weighted by Gasteiger charge is 2.43. The summed E-state index contributed by atoms with van der Waals surface area (Å²) in [5.41, 5.74) is 5.18. The Morgan fingerprint density at radius 1 is 1.15 bits per heavy atom. The zero-order valence-electron chi connectivity index (χ0n) is 18.6. The third kappa shape index (κ3) is 3.57. The second-order valence-corrected chi connectivity index (χ2v) is 10.6. The van der Waals surface area contributed by atoms with Gasteiger partial charge in [0.1, 0.15) is 29.3 Å². The predicted octanol–water partition coefficient (Wildman–Crippen LogP) is 3.61. The Morgan fingerprint density at radius 2 is 2.03 bits per heavy atom. The van der Waals surface area contributed by atoms with Gasteiger partial charge < -0.3 is 20.1 Å². The summed E-state index contributed by atoms with van der Waals surface area (Å²) in [6.07, 6.45) is 4.46. The average molecular weight is 462 g/mol. The maximum absolute atomic E-state index is 10.8. The van der Waals surface area contributed by atoms with E-state index in [4.69, 9.17) is 4.98 Å². The fourth-order valence-electron chi connectivity index (χ4n) is 5.12. The van der Waals surface area contributed by atoms with Crippen LogP contribution in [0.15, 0.2) is 42.9 Å². The number of anilines is 1.